The van der Waals surface area contributed by atoms with Crippen LogP contribution in [0.3, 0.4) is 0 Å². The van der Waals surface area contributed by atoms with E-state index in [1.807, 2.05) is 13.8 Å². The lowest BCUT2D eigenvalue weighted by Gasteiger charge is -2.28. The van der Waals surface area contributed by atoms with E-state index in [1.54, 1.807) is 0 Å². The van der Waals surface area contributed by atoms with E-state index in [2.05, 4.69) is 17.2 Å². The number of carbonyl (C=O) groups is 1. The summed E-state index contributed by atoms with van der Waals surface area (Å²) in [6.45, 7) is 7.25. The fourth-order valence-corrected chi connectivity index (χ4v) is 2.78. The molecule has 0 aromatic carbocycles. The van der Waals surface area contributed by atoms with Crippen LogP contribution < -0.4 is 5.32 Å². The highest BCUT2D eigenvalue weighted by molar-refractivity contribution is 7.76. The minimum absolute atomic E-state index is 0.0119. The predicted octanol–water partition coefficient (Wildman–Crippen LogP) is 0.644. The lowest BCUT2D eigenvalue weighted by atomic mass is 9.97. The smallest absolute Gasteiger partial charge is 0.234 e. The van der Waals surface area contributed by atoms with Crippen LogP contribution in [-0.2, 0) is 25.5 Å². The Labute approximate surface area is 146 Å². The normalized spacial score (nSPS) is 17.3. The van der Waals surface area contributed by atoms with E-state index in [9.17, 15) is 9.00 Å². The molecule has 2 N–H and O–H groups in total. The Morgan fingerprint density at radius 1 is 1.29 bits per heavy atom. The number of nitrogens with one attached hydrogen (secondary N) is 1. The minimum atomic E-state index is -1.93. The SMILES string of the molecule is CC(C)C#CCOCCOCCNC(=O)C1CCN(S(=O)O)CC1. The van der Waals surface area contributed by atoms with E-state index < -0.39 is 11.3 Å². The number of piperidine rings is 1. The maximum absolute atomic E-state index is 12.0. The zero-order valence-electron chi connectivity index (χ0n) is 14.5. The van der Waals surface area contributed by atoms with Gasteiger partial charge >= 0.3 is 0 Å². The molecule has 0 bridgehead atoms. The van der Waals surface area contributed by atoms with Gasteiger partial charge in [0.2, 0.25) is 17.2 Å². The van der Waals surface area contributed by atoms with E-state index in [0.717, 1.165) is 0 Å². The van der Waals surface area contributed by atoms with Crippen molar-refractivity contribution in [2.75, 3.05) is 46.1 Å². The van der Waals surface area contributed by atoms with Gasteiger partial charge in [-0.05, 0) is 12.8 Å². The fraction of sp³-hybridized carbons (Fsp3) is 0.812. The Hall–Kier alpha value is -0.980. The summed E-state index contributed by atoms with van der Waals surface area (Å²) in [4.78, 5) is 12.0. The number of hydrogen-bond acceptors (Lipinski definition) is 4. The monoisotopic (exact) mass is 360 g/mol. The minimum Gasteiger partial charge on any atom is -0.377 e. The van der Waals surface area contributed by atoms with Crippen LogP contribution in [0, 0.1) is 23.7 Å². The summed E-state index contributed by atoms with van der Waals surface area (Å²) in [5, 5.41) is 2.84. The summed E-state index contributed by atoms with van der Waals surface area (Å²) < 4.78 is 32.0. The number of ether oxygens (including phenoxy) is 2. The van der Waals surface area contributed by atoms with Gasteiger partial charge in [0, 0.05) is 31.5 Å². The zero-order chi connectivity index (χ0) is 17.8. The number of rotatable bonds is 9. The van der Waals surface area contributed by atoms with Crippen molar-refractivity contribution in [3.63, 3.8) is 0 Å². The highest BCUT2D eigenvalue weighted by atomic mass is 32.2. The molecule has 0 aromatic heterocycles. The van der Waals surface area contributed by atoms with Crippen LogP contribution >= 0.6 is 0 Å². The summed E-state index contributed by atoms with van der Waals surface area (Å²) >= 11 is -1.93. The standard InChI is InChI=1S/C16H28N2O5S/c1-14(2)4-3-10-22-12-13-23-11-7-17-16(19)15-5-8-18(9-6-15)24(20)21/h14-15H,5-13H2,1-2H3,(H,17,19)(H,20,21). The van der Waals surface area contributed by atoms with Crippen molar-refractivity contribution in [2.24, 2.45) is 11.8 Å². The van der Waals surface area contributed by atoms with E-state index in [-0.39, 0.29) is 11.8 Å². The Morgan fingerprint density at radius 3 is 2.58 bits per heavy atom. The van der Waals surface area contributed by atoms with E-state index in [0.29, 0.717) is 64.8 Å². The van der Waals surface area contributed by atoms with Gasteiger partial charge in [-0.15, -0.1) is 0 Å². The maximum Gasteiger partial charge on any atom is 0.234 e. The second kappa shape index (κ2) is 12.4. The van der Waals surface area contributed by atoms with Gasteiger partial charge in [-0.25, -0.2) is 8.51 Å². The van der Waals surface area contributed by atoms with Crippen LogP contribution in [0.1, 0.15) is 26.7 Å². The van der Waals surface area contributed by atoms with Gasteiger partial charge in [0.15, 0.2) is 0 Å². The Balaban J connectivity index is 1.97. The number of carbonyl (C=O) groups excluding carboxylic acids is 1. The molecule has 0 aromatic rings. The molecule has 1 saturated heterocycles. The highest BCUT2D eigenvalue weighted by Gasteiger charge is 2.26. The van der Waals surface area contributed by atoms with Gasteiger partial charge in [0.25, 0.3) is 0 Å². The van der Waals surface area contributed by atoms with Gasteiger partial charge in [-0.2, -0.15) is 0 Å². The third-order valence-electron chi connectivity index (χ3n) is 3.53. The number of amides is 1. The third kappa shape index (κ3) is 9.35. The molecule has 0 aliphatic carbocycles. The lowest BCUT2D eigenvalue weighted by molar-refractivity contribution is -0.126. The first-order chi connectivity index (χ1) is 11.5. The summed E-state index contributed by atoms with van der Waals surface area (Å²) in [5.74, 6) is 6.19. The number of hydrogen-bond donors (Lipinski definition) is 2. The molecular weight excluding hydrogens is 332 g/mol. The molecule has 0 radical (unpaired) electrons. The molecule has 138 valence electrons. The molecule has 8 heteroatoms. The van der Waals surface area contributed by atoms with Crippen LogP contribution in [0.4, 0.5) is 0 Å². The van der Waals surface area contributed by atoms with Crippen molar-refractivity contribution in [1.29, 1.82) is 0 Å². The first kappa shape index (κ1) is 21.1. The molecule has 1 aliphatic rings. The quantitative estimate of drug-likeness (QED) is 0.358. The first-order valence-electron chi connectivity index (χ1n) is 8.28. The summed E-state index contributed by atoms with van der Waals surface area (Å²) in [5.41, 5.74) is 0. The summed E-state index contributed by atoms with van der Waals surface area (Å²) in [6.07, 6.45) is 1.20. The molecule has 1 fully saturated rings. The van der Waals surface area contributed by atoms with Gasteiger partial charge < -0.3 is 14.8 Å². The van der Waals surface area contributed by atoms with Crippen LogP contribution in [-0.4, -0.2) is 65.0 Å². The van der Waals surface area contributed by atoms with E-state index in [4.69, 9.17) is 14.0 Å². The molecule has 0 spiro atoms. The highest BCUT2D eigenvalue weighted by Crippen LogP contribution is 2.17. The van der Waals surface area contributed by atoms with Crippen LogP contribution in [0.15, 0.2) is 0 Å². The molecule has 24 heavy (non-hydrogen) atoms. The van der Waals surface area contributed by atoms with Crippen molar-refractivity contribution in [3.8, 4) is 11.8 Å². The van der Waals surface area contributed by atoms with Crippen molar-refractivity contribution >= 4 is 17.2 Å². The largest absolute Gasteiger partial charge is 0.377 e. The van der Waals surface area contributed by atoms with E-state index >= 15 is 0 Å². The van der Waals surface area contributed by atoms with Crippen LogP contribution in [0.5, 0.6) is 0 Å². The molecule has 7 nitrogen and oxygen atoms in total. The van der Waals surface area contributed by atoms with Crippen molar-refractivity contribution in [2.45, 2.75) is 26.7 Å². The maximum atomic E-state index is 12.0. The molecule has 1 rings (SSSR count). The molecule has 1 aliphatic heterocycles. The first-order valence-corrected chi connectivity index (χ1v) is 9.34. The average molecular weight is 360 g/mol. The van der Waals surface area contributed by atoms with Crippen LogP contribution in [0.2, 0.25) is 0 Å². The van der Waals surface area contributed by atoms with Gasteiger partial charge in [-0.3, -0.25) is 9.35 Å². The Bertz CT molecular complexity index is 453. The average Bonchev–Trinajstić information content (AvgIpc) is 2.56. The summed E-state index contributed by atoms with van der Waals surface area (Å²) in [6, 6.07) is 0. The van der Waals surface area contributed by atoms with Gasteiger partial charge in [-0.1, -0.05) is 25.7 Å². The molecule has 1 heterocycles. The summed E-state index contributed by atoms with van der Waals surface area (Å²) in [7, 11) is 0. The second-order valence-corrected chi connectivity index (χ2v) is 6.84. The second-order valence-electron chi connectivity index (χ2n) is 5.87. The zero-order valence-corrected chi connectivity index (χ0v) is 15.3. The molecule has 0 saturated carbocycles. The number of nitrogens with zero attached hydrogens (tertiary/aromatic N) is 1. The molecule has 1 amide bonds. The molecule has 1 unspecified atom stereocenters. The van der Waals surface area contributed by atoms with Crippen LogP contribution in [0.25, 0.3) is 0 Å². The molecular formula is C16H28N2O5S. The topological polar surface area (TPSA) is 88.1 Å². The van der Waals surface area contributed by atoms with E-state index in [1.165, 1.54) is 4.31 Å². The van der Waals surface area contributed by atoms with Crippen molar-refractivity contribution in [3.05, 3.63) is 0 Å². The molecule has 1 atom stereocenters. The van der Waals surface area contributed by atoms with Gasteiger partial charge in [0.1, 0.15) is 6.61 Å². The fourth-order valence-electron chi connectivity index (χ4n) is 2.25. The van der Waals surface area contributed by atoms with Crippen molar-refractivity contribution in [1.82, 2.24) is 9.62 Å². The lowest BCUT2D eigenvalue weighted by Crippen LogP contribution is -2.41. The van der Waals surface area contributed by atoms with Gasteiger partial charge in [0.05, 0.1) is 19.8 Å². The van der Waals surface area contributed by atoms with Crippen molar-refractivity contribution < 1.29 is 23.0 Å². The predicted molar refractivity (Wildman–Crippen MR) is 92.3 cm³/mol. The third-order valence-corrected chi connectivity index (χ3v) is 4.34. The Morgan fingerprint density at radius 2 is 1.96 bits per heavy atom. The Kier molecular flexibility index (Phi) is 10.9.